The monoisotopic (exact) mass is 410 g/mol. The second kappa shape index (κ2) is 8.67. The molecule has 0 aromatic heterocycles. The summed E-state index contributed by atoms with van der Waals surface area (Å²) in [4.78, 5) is 17.3. The smallest absolute Gasteiger partial charge is 0.322 e. The van der Waals surface area contributed by atoms with E-state index in [1.165, 1.54) is 46.2 Å². The highest BCUT2D eigenvalue weighted by Crippen LogP contribution is 2.29. The lowest BCUT2D eigenvalue weighted by Gasteiger charge is -2.37. The molecule has 2 aliphatic rings. The third-order valence-corrected chi connectivity index (χ3v) is 7.34. The lowest BCUT2D eigenvalue weighted by molar-refractivity contribution is 0.131. The number of urea groups is 1. The zero-order chi connectivity index (χ0) is 20.3. The molecule has 28 heavy (non-hydrogen) atoms. The molecule has 1 atom stereocenters. The highest BCUT2D eigenvalue weighted by molar-refractivity contribution is 7.89. The van der Waals surface area contributed by atoms with Crippen molar-refractivity contribution in [3.8, 4) is 5.75 Å². The van der Waals surface area contributed by atoms with Crippen molar-refractivity contribution in [2.24, 2.45) is 0 Å². The first-order valence-electron chi connectivity index (χ1n) is 9.73. The number of anilines is 1. The van der Waals surface area contributed by atoms with Crippen LogP contribution in [0.3, 0.4) is 0 Å². The summed E-state index contributed by atoms with van der Waals surface area (Å²) in [6, 6.07) is 4.68. The van der Waals surface area contributed by atoms with Crippen LogP contribution in [0, 0.1) is 0 Å². The summed E-state index contributed by atoms with van der Waals surface area (Å²) in [6.45, 7) is 3.62. The zero-order valence-electron chi connectivity index (χ0n) is 16.8. The molecule has 0 aliphatic carbocycles. The molecule has 2 heterocycles. The number of carbonyl (C=O) groups excluding carboxylic acids is 1. The van der Waals surface area contributed by atoms with E-state index in [0.29, 0.717) is 30.6 Å². The van der Waals surface area contributed by atoms with E-state index in [2.05, 4.69) is 10.2 Å². The highest BCUT2D eigenvalue weighted by Gasteiger charge is 2.30. The average Bonchev–Trinajstić information content (AvgIpc) is 3.22. The minimum atomic E-state index is -3.60. The van der Waals surface area contributed by atoms with Crippen molar-refractivity contribution in [3.63, 3.8) is 0 Å². The molecule has 1 aromatic rings. The van der Waals surface area contributed by atoms with Gasteiger partial charge in [-0.1, -0.05) is 0 Å². The number of rotatable bonds is 5. The molecule has 1 aromatic carbocycles. The minimum Gasteiger partial charge on any atom is -0.495 e. The van der Waals surface area contributed by atoms with Crippen LogP contribution in [0.1, 0.15) is 25.7 Å². The Bertz CT molecular complexity index is 806. The van der Waals surface area contributed by atoms with Crippen LogP contribution < -0.4 is 10.1 Å². The standard InChI is InChI=1S/C19H30N4O4S/c1-21(2)28(25,26)16-8-9-18(27-3)17(13-16)20-19(24)23-12-6-7-15(14-23)22-10-4-5-11-22/h8-9,13,15H,4-7,10-12,14H2,1-3H3,(H,20,24). The van der Waals surface area contributed by atoms with Crippen LogP contribution in [-0.4, -0.2) is 82.0 Å². The van der Waals surface area contributed by atoms with Gasteiger partial charge in [-0.25, -0.2) is 17.5 Å². The molecule has 0 radical (unpaired) electrons. The van der Waals surface area contributed by atoms with Crippen LogP contribution >= 0.6 is 0 Å². The van der Waals surface area contributed by atoms with Crippen LogP contribution in [0.15, 0.2) is 23.1 Å². The highest BCUT2D eigenvalue weighted by atomic mass is 32.2. The number of hydrogen-bond donors (Lipinski definition) is 1. The molecule has 2 aliphatic heterocycles. The van der Waals surface area contributed by atoms with Crippen molar-refractivity contribution in [2.45, 2.75) is 36.6 Å². The molecule has 156 valence electrons. The molecule has 0 saturated carbocycles. The van der Waals surface area contributed by atoms with Gasteiger partial charge in [0, 0.05) is 33.2 Å². The van der Waals surface area contributed by atoms with Crippen molar-refractivity contribution < 1.29 is 17.9 Å². The lowest BCUT2D eigenvalue weighted by Crippen LogP contribution is -2.50. The zero-order valence-corrected chi connectivity index (χ0v) is 17.7. The number of ether oxygens (including phenoxy) is 1. The summed E-state index contributed by atoms with van der Waals surface area (Å²) in [5.74, 6) is 0.430. The molecular weight excluding hydrogens is 380 g/mol. The quantitative estimate of drug-likeness (QED) is 0.803. The first-order chi connectivity index (χ1) is 13.3. The Kier molecular flexibility index (Phi) is 6.47. The van der Waals surface area contributed by atoms with Gasteiger partial charge in [0.25, 0.3) is 0 Å². The fourth-order valence-corrected chi connectivity index (χ4v) is 4.82. The number of carbonyl (C=O) groups is 1. The van der Waals surface area contributed by atoms with E-state index in [1.54, 1.807) is 6.07 Å². The Morgan fingerprint density at radius 1 is 1.18 bits per heavy atom. The number of benzene rings is 1. The Balaban J connectivity index is 1.75. The van der Waals surface area contributed by atoms with Crippen molar-refractivity contribution in [1.82, 2.24) is 14.1 Å². The molecule has 0 spiro atoms. The summed E-state index contributed by atoms with van der Waals surface area (Å²) < 4.78 is 31.3. The maximum atomic E-state index is 12.9. The number of nitrogens with zero attached hydrogens (tertiary/aromatic N) is 3. The Labute approximate surface area is 167 Å². The Hall–Kier alpha value is -1.84. The van der Waals surface area contributed by atoms with E-state index < -0.39 is 10.0 Å². The molecule has 1 N–H and O–H groups in total. The fraction of sp³-hybridized carbons (Fsp3) is 0.632. The first-order valence-corrected chi connectivity index (χ1v) is 11.2. The van der Waals surface area contributed by atoms with Gasteiger partial charge in [-0.2, -0.15) is 0 Å². The van der Waals surface area contributed by atoms with E-state index in [0.717, 1.165) is 30.2 Å². The Morgan fingerprint density at radius 3 is 2.54 bits per heavy atom. The van der Waals surface area contributed by atoms with Crippen molar-refractivity contribution >= 4 is 21.7 Å². The SMILES string of the molecule is COc1ccc(S(=O)(=O)N(C)C)cc1NC(=O)N1CCCC(N2CCCC2)C1. The predicted octanol–water partition coefficient (Wildman–Crippen LogP) is 2.04. The largest absolute Gasteiger partial charge is 0.495 e. The predicted molar refractivity (Wildman–Crippen MR) is 108 cm³/mol. The number of nitrogens with one attached hydrogen (secondary N) is 1. The topological polar surface area (TPSA) is 82.2 Å². The maximum Gasteiger partial charge on any atom is 0.322 e. The number of likely N-dealkylation sites (tertiary alicyclic amines) is 2. The van der Waals surface area contributed by atoms with Gasteiger partial charge in [0.1, 0.15) is 5.75 Å². The molecule has 2 saturated heterocycles. The summed E-state index contributed by atoms with van der Waals surface area (Å²) in [5, 5.41) is 2.85. The van der Waals surface area contributed by atoms with E-state index in [4.69, 9.17) is 4.74 Å². The van der Waals surface area contributed by atoms with Crippen LogP contribution in [0.4, 0.5) is 10.5 Å². The minimum absolute atomic E-state index is 0.113. The van der Waals surface area contributed by atoms with E-state index >= 15 is 0 Å². The summed E-state index contributed by atoms with van der Waals surface area (Å²) in [5.41, 5.74) is 0.360. The molecule has 3 rings (SSSR count). The number of piperidine rings is 1. The van der Waals surface area contributed by atoms with Gasteiger partial charge in [0.05, 0.1) is 17.7 Å². The van der Waals surface area contributed by atoms with Crippen LogP contribution in [0.5, 0.6) is 5.75 Å². The molecule has 1 unspecified atom stereocenters. The second-order valence-corrected chi connectivity index (χ2v) is 9.72. The Morgan fingerprint density at radius 2 is 1.89 bits per heavy atom. The number of sulfonamides is 1. The first kappa shape index (κ1) is 20.9. The number of methoxy groups -OCH3 is 1. The summed E-state index contributed by atoms with van der Waals surface area (Å²) in [7, 11) is 0.849. The van der Waals surface area contributed by atoms with Crippen molar-refractivity contribution in [3.05, 3.63) is 18.2 Å². The van der Waals surface area contributed by atoms with Gasteiger partial charge in [0.2, 0.25) is 10.0 Å². The molecule has 2 fully saturated rings. The lowest BCUT2D eigenvalue weighted by atomic mass is 10.0. The fourth-order valence-electron chi connectivity index (χ4n) is 3.89. The van der Waals surface area contributed by atoms with E-state index in [-0.39, 0.29) is 10.9 Å². The van der Waals surface area contributed by atoms with E-state index in [9.17, 15) is 13.2 Å². The summed E-state index contributed by atoms with van der Waals surface area (Å²) in [6.07, 6.45) is 4.55. The molecule has 2 amide bonds. The van der Waals surface area contributed by atoms with Gasteiger partial charge < -0.3 is 15.0 Å². The molecule has 8 nitrogen and oxygen atoms in total. The molecule has 0 bridgehead atoms. The molecular formula is C19H30N4O4S. The van der Waals surface area contributed by atoms with Crippen LogP contribution in [0.25, 0.3) is 0 Å². The average molecular weight is 411 g/mol. The maximum absolute atomic E-state index is 12.9. The van der Waals surface area contributed by atoms with Gasteiger partial charge in [-0.15, -0.1) is 0 Å². The normalized spacial score (nSPS) is 21.1. The second-order valence-electron chi connectivity index (χ2n) is 7.56. The number of amides is 2. The number of hydrogen-bond acceptors (Lipinski definition) is 5. The van der Waals surface area contributed by atoms with Gasteiger partial charge >= 0.3 is 6.03 Å². The van der Waals surface area contributed by atoms with Crippen molar-refractivity contribution in [1.29, 1.82) is 0 Å². The third-order valence-electron chi connectivity index (χ3n) is 5.53. The van der Waals surface area contributed by atoms with Gasteiger partial charge in [0.15, 0.2) is 0 Å². The molecule has 9 heteroatoms. The van der Waals surface area contributed by atoms with Crippen molar-refractivity contribution in [2.75, 3.05) is 52.7 Å². The van der Waals surface area contributed by atoms with Crippen LogP contribution in [0.2, 0.25) is 0 Å². The van der Waals surface area contributed by atoms with Gasteiger partial charge in [-0.05, 0) is 57.0 Å². The van der Waals surface area contributed by atoms with E-state index in [1.807, 2.05) is 4.90 Å². The summed E-state index contributed by atoms with van der Waals surface area (Å²) >= 11 is 0. The van der Waals surface area contributed by atoms with Crippen LogP contribution in [-0.2, 0) is 10.0 Å². The van der Waals surface area contributed by atoms with Gasteiger partial charge in [-0.3, -0.25) is 4.90 Å². The third kappa shape index (κ3) is 4.42.